The van der Waals surface area contributed by atoms with E-state index in [4.69, 9.17) is 18.9 Å². The number of hydrogen-bond acceptors (Lipinski definition) is 6. The molecule has 6 heteroatoms. The summed E-state index contributed by atoms with van der Waals surface area (Å²) >= 11 is 0. The summed E-state index contributed by atoms with van der Waals surface area (Å²) in [5.74, 6) is 0.412. The number of ether oxygens (including phenoxy) is 4. The zero-order valence-corrected chi connectivity index (χ0v) is 22.0. The molecule has 0 aromatic heterocycles. The standard InChI is InChI=1S/C32H34O6/c1-3-5-15-36-28-11-13-30(27(20-28)21-32-37-16-17-38-32)25-9-12-29(24-8-6-7-23(18-24)22-33)26(19-25)10-14-31(34)35-4-2/h6-14,18-20,22,32H,3-5,15-17,21H2,1-2H3/b14-10+. The molecular formula is C32H34O6. The lowest BCUT2D eigenvalue weighted by molar-refractivity contribution is -0.137. The molecule has 0 atom stereocenters. The Balaban J connectivity index is 1.76. The van der Waals surface area contributed by atoms with Crippen molar-refractivity contribution in [3.8, 4) is 28.0 Å². The molecule has 0 radical (unpaired) electrons. The van der Waals surface area contributed by atoms with Gasteiger partial charge in [-0.15, -0.1) is 0 Å². The number of rotatable bonds is 12. The molecule has 0 unspecified atom stereocenters. The Hall–Kier alpha value is -3.74. The fourth-order valence-electron chi connectivity index (χ4n) is 4.41. The summed E-state index contributed by atoms with van der Waals surface area (Å²) in [4.78, 5) is 23.5. The van der Waals surface area contributed by atoms with Gasteiger partial charge in [0.1, 0.15) is 12.0 Å². The van der Waals surface area contributed by atoms with Crippen LogP contribution >= 0.6 is 0 Å². The number of benzene rings is 3. The number of esters is 1. The van der Waals surface area contributed by atoms with E-state index in [1.165, 1.54) is 6.08 Å². The summed E-state index contributed by atoms with van der Waals surface area (Å²) in [6, 6.07) is 19.6. The Kier molecular flexibility index (Phi) is 9.84. The van der Waals surface area contributed by atoms with E-state index in [0.29, 0.717) is 38.4 Å². The second-order valence-electron chi connectivity index (χ2n) is 9.03. The van der Waals surface area contributed by atoms with Crippen LogP contribution in [-0.4, -0.2) is 45.0 Å². The van der Waals surface area contributed by atoms with Crippen molar-refractivity contribution in [2.24, 2.45) is 0 Å². The third-order valence-electron chi connectivity index (χ3n) is 6.30. The molecule has 0 aliphatic carbocycles. The molecule has 1 heterocycles. The summed E-state index contributed by atoms with van der Waals surface area (Å²) in [7, 11) is 0. The highest BCUT2D eigenvalue weighted by molar-refractivity contribution is 5.91. The SMILES string of the molecule is CCCCOc1ccc(-c2ccc(-c3cccc(C=O)c3)c(/C=C/C(=O)OCC)c2)c(CC2OCCO2)c1. The lowest BCUT2D eigenvalue weighted by Gasteiger charge is -2.17. The van der Waals surface area contributed by atoms with Crippen LogP contribution in [0.2, 0.25) is 0 Å². The van der Waals surface area contributed by atoms with Crippen LogP contribution in [0.4, 0.5) is 0 Å². The first-order valence-electron chi connectivity index (χ1n) is 13.1. The summed E-state index contributed by atoms with van der Waals surface area (Å²) in [6.45, 7) is 6.06. The van der Waals surface area contributed by atoms with Gasteiger partial charge in [-0.1, -0.05) is 49.7 Å². The second-order valence-corrected chi connectivity index (χ2v) is 9.03. The molecule has 198 valence electrons. The molecule has 1 aliphatic heterocycles. The van der Waals surface area contributed by atoms with Crippen molar-refractivity contribution in [1.82, 2.24) is 0 Å². The lowest BCUT2D eigenvalue weighted by Crippen LogP contribution is -2.12. The molecule has 38 heavy (non-hydrogen) atoms. The Morgan fingerprint density at radius 2 is 1.76 bits per heavy atom. The summed E-state index contributed by atoms with van der Waals surface area (Å²) in [6.07, 6.45) is 6.38. The molecule has 3 aromatic rings. The molecule has 0 N–H and O–H groups in total. The highest BCUT2D eigenvalue weighted by Gasteiger charge is 2.20. The van der Waals surface area contributed by atoms with E-state index in [0.717, 1.165) is 58.3 Å². The quantitative estimate of drug-likeness (QED) is 0.119. The van der Waals surface area contributed by atoms with Gasteiger partial charge in [0, 0.05) is 18.1 Å². The van der Waals surface area contributed by atoms with Crippen LogP contribution in [0.1, 0.15) is 48.2 Å². The highest BCUT2D eigenvalue weighted by atomic mass is 16.7. The van der Waals surface area contributed by atoms with Gasteiger partial charge in [-0.2, -0.15) is 0 Å². The van der Waals surface area contributed by atoms with E-state index < -0.39 is 5.97 Å². The molecule has 1 aliphatic rings. The Bertz CT molecular complexity index is 1270. The maximum absolute atomic E-state index is 12.1. The third-order valence-corrected chi connectivity index (χ3v) is 6.30. The van der Waals surface area contributed by atoms with Gasteiger partial charge < -0.3 is 18.9 Å². The van der Waals surface area contributed by atoms with Crippen molar-refractivity contribution in [3.63, 3.8) is 0 Å². The van der Waals surface area contributed by atoms with Crippen LogP contribution in [0.3, 0.4) is 0 Å². The number of hydrogen-bond donors (Lipinski definition) is 0. The molecule has 3 aromatic carbocycles. The second kappa shape index (κ2) is 13.7. The van der Waals surface area contributed by atoms with Crippen molar-refractivity contribution in [1.29, 1.82) is 0 Å². The van der Waals surface area contributed by atoms with Gasteiger partial charge in [0.25, 0.3) is 0 Å². The van der Waals surface area contributed by atoms with Crippen LogP contribution in [0, 0.1) is 0 Å². The molecule has 1 saturated heterocycles. The smallest absolute Gasteiger partial charge is 0.330 e. The maximum Gasteiger partial charge on any atom is 0.330 e. The minimum Gasteiger partial charge on any atom is -0.494 e. The number of carbonyl (C=O) groups is 2. The molecule has 0 saturated carbocycles. The maximum atomic E-state index is 12.1. The van der Waals surface area contributed by atoms with Crippen molar-refractivity contribution >= 4 is 18.3 Å². The van der Waals surface area contributed by atoms with Crippen LogP contribution in [0.15, 0.2) is 66.7 Å². The first-order valence-corrected chi connectivity index (χ1v) is 13.1. The van der Waals surface area contributed by atoms with E-state index in [9.17, 15) is 9.59 Å². The van der Waals surface area contributed by atoms with Gasteiger partial charge in [-0.05, 0) is 77.1 Å². The summed E-state index contributed by atoms with van der Waals surface area (Å²) in [5.41, 5.74) is 6.29. The number of carbonyl (C=O) groups excluding carboxylic acids is 2. The first-order chi connectivity index (χ1) is 18.6. The molecule has 0 amide bonds. The van der Waals surface area contributed by atoms with Gasteiger partial charge in [0.2, 0.25) is 0 Å². The molecular weight excluding hydrogens is 480 g/mol. The van der Waals surface area contributed by atoms with E-state index in [1.54, 1.807) is 19.1 Å². The molecule has 0 spiro atoms. The normalized spacial score (nSPS) is 13.6. The van der Waals surface area contributed by atoms with Gasteiger partial charge in [0.05, 0.1) is 26.4 Å². The zero-order valence-electron chi connectivity index (χ0n) is 22.0. The van der Waals surface area contributed by atoms with Crippen molar-refractivity contribution in [2.75, 3.05) is 26.4 Å². The van der Waals surface area contributed by atoms with E-state index >= 15 is 0 Å². The third kappa shape index (κ3) is 7.18. The highest BCUT2D eigenvalue weighted by Crippen LogP contribution is 2.34. The fraction of sp³-hybridized carbons (Fsp3) is 0.312. The Morgan fingerprint density at radius 3 is 2.53 bits per heavy atom. The summed E-state index contributed by atoms with van der Waals surface area (Å²) < 4.78 is 22.6. The van der Waals surface area contributed by atoms with Gasteiger partial charge in [-0.3, -0.25) is 4.79 Å². The van der Waals surface area contributed by atoms with Gasteiger partial charge in [0.15, 0.2) is 6.29 Å². The number of unbranched alkanes of at least 4 members (excludes halogenated alkanes) is 1. The van der Waals surface area contributed by atoms with E-state index in [-0.39, 0.29) is 6.29 Å². The van der Waals surface area contributed by atoms with Crippen LogP contribution in [0.25, 0.3) is 28.3 Å². The molecule has 6 nitrogen and oxygen atoms in total. The molecule has 1 fully saturated rings. The summed E-state index contributed by atoms with van der Waals surface area (Å²) in [5, 5.41) is 0. The van der Waals surface area contributed by atoms with Crippen molar-refractivity contribution in [2.45, 2.75) is 39.4 Å². The van der Waals surface area contributed by atoms with E-state index in [2.05, 4.69) is 25.1 Å². The fourth-order valence-corrected chi connectivity index (χ4v) is 4.41. The van der Waals surface area contributed by atoms with Crippen LogP contribution in [-0.2, 0) is 25.4 Å². The minimum absolute atomic E-state index is 0.298. The predicted molar refractivity (Wildman–Crippen MR) is 148 cm³/mol. The van der Waals surface area contributed by atoms with Crippen molar-refractivity contribution in [3.05, 3.63) is 83.4 Å². The van der Waals surface area contributed by atoms with Crippen LogP contribution < -0.4 is 4.74 Å². The Morgan fingerprint density at radius 1 is 0.974 bits per heavy atom. The predicted octanol–water partition coefficient (Wildman–Crippen LogP) is 6.50. The van der Waals surface area contributed by atoms with E-state index in [1.807, 2.05) is 36.4 Å². The molecule has 0 bridgehead atoms. The monoisotopic (exact) mass is 514 g/mol. The largest absolute Gasteiger partial charge is 0.494 e. The first kappa shape index (κ1) is 27.3. The minimum atomic E-state index is -0.407. The van der Waals surface area contributed by atoms with Crippen LogP contribution in [0.5, 0.6) is 5.75 Å². The Labute approximate surface area is 224 Å². The van der Waals surface area contributed by atoms with Gasteiger partial charge in [-0.25, -0.2) is 4.79 Å². The topological polar surface area (TPSA) is 71.1 Å². The lowest BCUT2D eigenvalue weighted by atomic mass is 9.91. The average molecular weight is 515 g/mol. The molecule has 4 rings (SSSR count). The van der Waals surface area contributed by atoms with Crippen molar-refractivity contribution < 1.29 is 28.5 Å². The average Bonchev–Trinajstić information content (AvgIpc) is 3.45. The van der Waals surface area contributed by atoms with Gasteiger partial charge >= 0.3 is 5.97 Å². The number of aldehydes is 1. The zero-order chi connectivity index (χ0) is 26.7.